The lowest BCUT2D eigenvalue weighted by molar-refractivity contribution is -0.123. The molecule has 0 saturated carbocycles. The van der Waals surface area contributed by atoms with Crippen molar-refractivity contribution in [1.82, 2.24) is 0 Å². The summed E-state index contributed by atoms with van der Waals surface area (Å²) in [6.45, 7) is 1.45. The number of hydrogen-bond donors (Lipinski definition) is 1. The number of carbonyl (C=O) groups is 2. The van der Waals surface area contributed by atoms with E-state index in [9.17, 15) is 9.59 Å². The van der Waals surface area contributed by atoms with Crippen LogP contribution in [0.4, 0.5) is 5.69 Å². The second kappa shape index (κ2) is 7.68. The molecule has 0 fully saturated rings. The van der Waals surface area contributed by atoms with E-state index in [1.165, 1.54) is 19.1 Å². The summed E-state index contributed by atoms with van der Waals surface area (Å²) in [5, 5.41) is 3.63. The summed E-state index contributed by atoms with van der Waals surface area (Å²) < 4.78 is 5.11. The van der Waals surface area contributed by atoms with Gasteiger partial charge in [0.1, 0.15) is 0 Å². The first kappa shape index (κ1) is 17.6. The Bertz CT molecular complexity index is 749. The molecule has 0 spiro atoms. The average Bonchev–Trinajstić information content (AvgIpc) is 2.49. The van der Waals surface area contributed by atoms with Crippen molar-refractivity contribution in [2.45, 2.75) is 13.0 Å². The van der Waals surface area contributed by atoms with Crippen LogP contribution in [0, 0.1) is 0 Å². The molecule has 0 aliphatic rings. The number of amides is 1. The lowest BCUT2D eigenvalue weighted by atomic mass is 10.2. The molecule has 0 aliphatic carbocycles. The monoisotopic (exact) mass is 371 g/mol. The summed E-state index contributed by atoms with van der Waals surface area (Å²) in [6, 6.07) is 11.1. The van der Waals surface area contributed by atoms with Gasteiger partial charge in [0, 0.05) is 15.7 Å². The zero-order valence-electron chi connectivity index (χ0n) is 12.0. The largest absolute Gasteiger partial charge is 0.449 e. The Balaban J connectivity index is 2.03. The Morgan fingerprint density at radius 3 is 2.43 bits per heavy atom. The minimum absolute atomic E-state index is 0.0987. The molecule has 0 aliphatic heterocycles. The van der Waals surface area contributed by atoms with Gasteiger partial charge >= 0.3 is 5.97 Å². The first-order valence-electron chi connectivity index (χ1n) is 6.59. The molecule has 1 atom stereocenters. The van der Waals surface area contributed by atoms with Crippen LogP contribution in [-0.4, -0.2) is 18.0 Å². The Morgan fingerprint density at radius 2 is 1.74 bits per heavy atom. The van der Waals surface area contributed by atoms with Crippen LogP contribution in [0.15, 0.2) is 42.5 Å². The zero-order valence-corrected chi connectivity index (χ0v) is 14.2. The van der Waals surface area contributed by atoms with E-state index in [0.717, 1.165) is 0 Å². The number of carbonyl (C=O) groups excluding carboxylic acids is 2. The lowest BCUT2D eigenvalue weighted by Gasteiger charge is -2.14. The molecule has 0 bridgehead atoms. The Hall–Kier alpha value is -1.75. The van der Waals surface area contributed by atoms with Gasteiger partial charge in [-0.25, -0.2) is 4.79 Å². The number of ether oxygens (including phenoxy) is 1. The number of rotatable bonds is 4. The van der Waals surface area contributed by atoms with Crippen molar-refractivity contribution in [3.63, 3.8) is 0 Å². The predicted molar refractivity (Wildman–Crippen MR) is 91.4 cm³/mol. The van der Waals surface area contributed by atoms with Crippen LogP contribution in [-0.2, 0) is 9.53 Å². The number of halogens is 3. The van der Waals surface area contributed by atoms with Crippen LogP contribution in [0.3, 0.4) is 0 Å². The first-order chi connectivity index (χ1) is 10.9. The van der Waals surface area contributed by atoms with E-state index in [1.54, 1.807) is 30.3 Å². The van der Waals surface area contributed by atoms with Crippen molar-refractivity contribution in [1.29, 1.82) is 0 Å². The topological polar surface area (TPSA) is 55.4 Å². The van der Waals surface area contributed by atoms with Crippen molar-refractivity contribution < 1.29 is 14.3 Å². The van der Waals surface area contributed by atoms with Crippen molar-refractivity contribution in [2.75, 3.05) is 5.32 Å². The zero-order chi connectivity index (χ0) is 17.0. The summed E-state index contributed by atoms with van der Waals surface area (Å²) in [6.07, 6.45) is -1.02. The molecule has 4 nitrogen and oxygen atoms in total. The fourth-order valence-electron chi connectivity index (χ4n) is 1.74. The number of esters is 1. The maximum absolute atomic E-state index is 12.1. The highest BCUT2D eigenvalue weighted by atomic mass is 35.5. The molecule has 1 N–H and O–H groups in total. The van der Waals surface area contributed by atoms with Crippen LogP contribution in [0.5, 0.6) is 0 Å². The molecule has 0 heterocycles. The van der Waals surface area contributed by atoms with Gasteiger partial charge in [-0.05, 0) is 43.3 Å². The molecule has 0 unspecified atom stereocenters. The summed E-state index contributed by atoms with van der Waals surface area (Å²) in [5.74, 6) is -1.22. The highest BCUT2D eigenvalue weighted by Gasteiger charge is 2.21. The molecule has 120 valence electrons. The minimum Gasteiger partial charge on any atom is -0.449 e. The van der Waals surface area contributed by atoms with Gasteiger partial charge in [-0.2, -0.15) is 0 Å². The van der Waals surface area contributed by atoms with E-state index in [1.807, 2.05) is 0 Å². The highest BCUT2D eigenvalue weighted by Crippen LogP contribution is 2.22. The normalized spacial score (nSPS) is 11.7. The van der Waals surface area contributed by atoms with Crippen LogP contribution < -0.4 is 5.32 Å². The van der Waals surface area contributed by atoms with Crippen molar-refractivity contribution >= 4 is 52.4 Å². The van der Waals surface area contributed by atoms with Gasteiger partial charge < -0.3 is 10.1 Å². The molecule has 2 aromatic rings. The maximum Gasteiger partial charge on any atom is 0.340 e. The Kier molecular flexibility index (Phi) is 5.88. The van der Waals surface area contributed by atoms with E-state index in [-0.39, 0.29) is 10.6 Å². The van der Waals surface area contributed by atoms with Crippen LogP contribution in [0.25, 0.3) is 0 Å². The van der Waals surface area contributed by atoms with Gasteiger partial charge in [0.2, 0.25) is 0 Å². The fourth-order valence-corrected chi connectivity index (χ4v) is 2.30. The smallest absolute Gasteiger partial charge is 0.340 e. The second-order valence-electron chi connectivity index (χ2n) is 4.67. The van der Waals surface area contributed by atoms with E-state index < -0.39 is 18.0 Å². The van der Waals surface area contributed by atoms with Crippen LogP contribution >= 0.6 is 34.8 Å². The van der Waals surface area contributed by atoms with Gasteiger partial charge in [-0.3, -0.25) is 4.79 Å². The third-order valence-corrected chi connectivity index (χ3v) is 3.69. The quantitative estimate of drug-likeness (QED) is 0.782. The predicted octanol–water partition coefficient (Wildman–Crippen LogP) is 4.83. The molecule has 7 heteroatoms. The van der Waals surface area contributed by atoms with E-state index in [4.69, 9.17) is 39.5 Å². The minimum atomic E-state index is -1.02. The summed E-state index contributed by atoms with van der Waals surface area (Å²) in [5.41, 5.74) is 0.604. The molecule has 0 aromatic heterocycles. The molecular weight excluding hydrogens is 361 g/mol. The fraction of sp³-hybridized carbons (Fsp3) is 0.125. The van der Waals surface area contributed by atoms with Crippen LogP contribution in [0.1, 0.15) is 17.3 Å². The Labute approximate surface area is 148 Å². The van der Waals surface area contributed by atoms with Gasteiger partial charge in [-0.15, -0.1) is 0 Å². The summed E-state index contributed by atoms with van der Waals surface area (Å²) >= 11 is 17.6. The molecule has 0 radical (unpaired) electrons. The van der Waals surface area contributed by atoms with Crippen LogP contribution in [0.2, 0.25) is 15.1 Å². The molecule has 0 saturated heterocycles. The molecule has 2 rings (SSSR count). The third kappa shape index (κ3) is 4.86. The highest BCUT2D eigenvalue weighted by molar-refractivity contribution is 6.35. The summed E-state index contributed by atoms with van der Waals surface area (Å²) in [4.78, 5) is 24.1. The van der Waals surface area contributed by atoms with Gasteiger partial charge in [0.05, 0.1) is 10.6 Å². The average molecular weight is 373 g/mol. The number of anilines is 1. The molecular formula is C16H12Cl3NO3. The Morgan fingerprint density at radius 1 is 1.04 bits per heavy atom. The maximum atomic E-state index is 12.1. The van der Waals surface area contributed by atoms with Crippen molar-refractivity contribution in [3.8, 4) is 0 Å². The van der Waals surface area contributed by atoms with Gasteiger partial charge in [0.25, 0.3) is 5.91 Å². The number of hydrogen-bond acceptors (Lipinski definition) is 3. The van der Waals surface area contributed by atoms with Gasteiger partial charge in [-0.1, -0.05) is 40.9 Å². The van der Waals surface area contributed by atoms with Gasteiger partial charge in [0.15, 0.2) is 6.10 Å². The SMILES string of the molecule is C[C@@H](OC(=O)c1cc(Cl)ccc1Cl)C(=O)Nc1cccc(Cl)c1. The first-order valence-corrected chi connectivity index (χ1v) is 7.72. The third-order valence-electron chi connectivity index (χ3n) is 2.89. The number of benzene rings is 2. The molecule has 2 aromatic carbocycles. The molecule has 23 heavy (non-hydrogen) atoms. The van der Waals surface area contributed by atoms with Crippen molar-refractivity contribution in [2.24, 2.45) is 0 Å². The summed E-state index contributed by atoms with van der Waals surface area (Å²) in [7, 11) is 0. The lowest BCUT2D eigenvalue weighted by Crippen LogP contribution is -2.30. The van der Waals surface area contributed by atoms with Crippen molar-refractivity contribution in [3.05, 3.63) is 63.1 Å². The standard InChI is InChI=1S/C16H12Cl3NO3/c1-9(15(21)20-12-4-2-3-10(17)7-12)23-16(22)13-8-11(18)5-6-14(13)19/h2-9H,1H3,(H,20,21)/t9-/m1/s1. The second-order valence-corrected chi connectivity index (χ2v) is 5.95. The van der Waals surface area contributed by atoms with E-state index in [2.05, 4.69) is 5.32 Å². The van der Waals surface area contributed by atoms with E-state index in [0.29, 0.717) is 15.7 Å². The number of nitrogens with one attached hydrogen (secondary N) is 1. The molecule has 1 amide bonds. The van der Waals surface area contributed by atoms with E-state index >= 15 is 0 Å².